The smallest absolute Gasteiger partial charge is 0.165 e. The molecule has 0 saturated carbocycles. The van der Waals surface area contributed by atoms with Crippen LogP contribution >= 0.6 is 0 Å². The third kappa shape index (κ3) is 4.68. The Balaban J connectivity index is 1.95. The Labute approximate surface area is 127 Å². The second-order valence-corrected chi connectivity index (χ2v) is 5.99. The van der Waals surface area contributed by atoms with Crippen molar-refractivity contribution in [3.05, 3.63) is 29.6 Å². The molecule has 2 rings (SSSR count). The lowest BCUT2D eigenvalue weighted by atomic mass is 10.1. The third-order valence-electron chi connectivity index (χ3n) is 4.12. The minimum absolute atomic E-state index is 0.136. The van der Waals surface area contributed by atoms with Crippen LogP contribution in [-0.2, 0) is 0 Å². The summed E-state index contributed by atoms with van der Waals surface area (Å²) in [7, 11) is 2.11. The van der Waals surface area contributed by atoms with E-state index in [4.69, 9.17) is 4.74 Å². The van der Waals surface area contributed by atoms with Gasteiger partial charge in [-0.05, 0) is 57.5 Å². The maximum Gasteiger partial charge on any atom is 0.165 e. The van der Waals surface area contributed by atoms with E-state index in [0.29, 0.717) is 5.75 Å². The first-order valence-electron chi connectivity index (χ1n) is 7.98. The number of nitrogens with zero attached hydrogens (tertiary/aromatic N) is 1. The first kappa shape index (κ1) is 16.2. The van der Waals surface area contributed by atoms with Crippen molar-refractivity contribution in [1.29, 1.82) is 0 Å². The van der Waals surface area contributed by atoms with Gasteiger partial charge in [-0.25, -0.2) is 4.39 Å². The van der Waals surface area contributed by atoms with Crippen LogP contribution in [0.5, 0.6) is 5.75 Å². The first-order chi connectivity index (χ1) is 10.1. The second-order valence-electron chi connectivity index (χ2n) is 5.99. The fraction of sp³-hybridized carbons (Fsp3) is 0.647. The highest BCUT2D eigenvalue weighted by Gasteiger charge is 2.19. The highest BCUT2D eigenvalue weighted by Crippen LogP contribution is 2.25. The summed E-state index contributed by atoms with van der Waals surface area (Å²) in [6.07, 6.45) is 3.14. The Hall–Kier alpha value is -1.13. The Morgan fingerprint density at radius 1 is 1.38 bits per heavy atom. The lowest BCUT2D eigenvalue weighted by Gasteiger charge is -2.29. The minimum Gasteiger partial charge on any atom is -0.487 e. The minimum atomic E-state index is -0.253. The van der Waals surface area contributed by atoms with Crippen molar-refractivity contribution in [3.63, 3.8) is 0 Å². The van der Waals surface area contributed by atoms with Gasteiger partial charge in [-0.2, -0.15) is 0 Å². The normalized spacial score (nSPS) is 18.7. The predicted octanol–water partition coefficient (Wildman–Crippen LogP) is 3.36. The van der Waals surface area contributed by atoms with Gasteiger partial charge in [0.1, 0.15) is 6.10 Å². The molecule has 1 aromatic carbocycles. The zero-order valence-electron chi connectivity index (χ0n) is 13.4. The van der Waals surface area contributed by atoms with Crippen molar-refractivity contribution in [2.75, 3.05) is 26.7 Å². The summed E-state index contributed by atoms with van der Waals surface area (Å²) in [5, 5.41) is 3.37. The van der Waals surface area contributed by atoms with Crippen LogP contribution in [0.2, 0.25) is 0 Å². The molecular weight excluding hydrogens is 267 g/mol. The SMILES string of the molecule is CCCNC(C)c1ccc(OC2CCN(C)CC2)c(F)c1. The molecule has 0 bridgehead atoms. The summed E-state index contributed by atoms with van der Waals surface area (Å²) in [5.74, 6) is 0.132. The summed E-state index contributed by atoms with van der Waals surface area (Å²) >= 11 is 0. The maximum absolute atomic E-state index is 14.2. The lowest BCUT2D eigenvalue weighted by Crippen LogP contribution is -2.35. The van der Waals surface area contributed by atoms with Crippen molar-refractivity contribution in [3.8, 4) is 5.75 Å². The largest absolute Gasteiger partial charge is 0.487 e. The first-order valence-corrected chi connectivity index (χ1v) is 7.98. The average molecular weight is 294 g/mol. The Morgan fingerprint density at radius 3 is 2.71 bits per heavy atom. The molecule has 1 unspecified atom stereocenters. The topological polar surface area (TPSA) is 24.5 Å². The van der Waals surface area contributed by atoms with E-state index in [2.05, 4.69) is 31.1 Å². The van der Waals surface area contributed by atoms with E-state index in [1.807, 2.05) is 6.07 Å². The molecule has 1 atom stereocenters. The number of nitrogens with one attached hydrogen (secondary N) is 1. The van der Waals surface area contributed by atoms with E-state index in [1.165, 1.54) is 0 Å². The molecule has 21 heavy (non-hydrogen) atoms. The lowest BCUT2D eigenvalue weighted by molar-refractivity contribution is 0.110. The number of ether oxygens (including phenoxy) is 1. The number of hydrogen-bond donors (Lipinski definition) is 1. The van der Waals surface area contributed by atoms with E-state index in [9.17, 15) is 4.39 Å². The van der Waals surface area contributed by atoms with E-state index in [-0.39, 0.29) is 18.0 Å². The van der Waals surface area contributed by atoms with Gasteiger partial charge in [0.15, 0.2) is 11.6 Å². The van der Waals surface area contributed by atoms with Crippen LogP contribution in [0.15, 0.2) is 18.2 Å². The summed E-state index contributed by atoms with van der Waals surface area (Å²) < 4.78 is 20.0. The van der Waals surface area contributed by atoms with E-state index in [1.54, 1.807) is 12.1 Å². The Bertz CT molecular complexity index is 444. The van der Waals surface area contributed by atoms with Crippen molar-refractivity contribution in [2.24, 2.45) is 0 Å². The molecule has 0 spiro atoms. The Kier molecular flexibility index (Phi) is 6.00. The van der Waals surface area contributed by atoms with Gasteiger partial charge in [0.2, 0.25) is 0 Å². The monoisotopic (exact) mass is 294 g/mol. The molecule has 1 aliphatic rings. The van der Waals surface area contributed by atoms with Gasteiger partial charge in [0, 0.05) is 19.1 Å². The van der Waals surface area contributed by atoms with Crippen molar-refractivity contribution < 1.29 is 9.13 Å². The highest BCUT2D eigenvalue weighted by atomic mass is 19.1. The van der Waals surface area contributed by atoms with E-state index in [0.717, 1.165) is 44.5 Å². The molecule has 118 valence electrons. The third-order valence-corrected chi connectivity index (χ3v) is 4.12. The molecule has 3 nitrogen and oxygen atoms in total. The molecule has 1 fully saturated rings. The summed E-state index contributed by atoms with van der Waals surface area (Å²) in [6.45, 7) is 7.15. The number of likely N-dealkylation sites (tertiary alicyclic amines) is 1. The highest BCUT2D eigenvalue weighted by molar-refractivity contribution is 5.31. The molecule has 1 aromatic rings. The molecule has 0 aromatic heterocycles. The van der Waals surface area contributed by atoms with Crippen LogP contribution in [0.3, 0.4) is 0 Å². The van der Waals surface area contributed by atoms with Gasteiger partial charge in [0.05, 0.1) is 0 Å². The van der Waals surface area contributed by atoms with Gasteiger partial charge in [0.25, 0.3) is 0 Å². The summed E-state index contributed by atoms with van der Waals surface area (Å²) in [5.41, 5.74) is 0.969. The van der Waals surface area contributed by atoms with Crippen molar-refractivity contribution in [1.82, 2.24) is 10.2 Å². The number of halogens is 1. The van der Waals surface area contributed by atoms with Crippen LogP contribution in [-0.4, -0.2) is 37.7 Å². The molecule has 1 saturated heterocycles. The summed E-state index contributed by atoms with van der Waals surface area (Å²) in [6, 6.07) is 5.49. The van der Waals surface area contributed by atoms with Gasteiger partial charge in [-0.1, -0.05) is 13.0 Å². The molecule has 0 amide bonds. The number of benzene rings is 1. The van der Waals surface area contributed by atoms with Crippen LogP contribution in [0, 0.1) is 5.82 Å². The standard InChI is InChI=1S/C17H27FN2O/c1-4-9-19-13(2)14-5-6-17(16(18)12-14)21-15-7-10-20(3)11-8-15/h5-6,12-13,15,19H,4,7-11H2,1-3H3. The number of hydrogen-bond acceptors (Lipinski definition) is 3. The number of rotatable bonds is 6. The van der Waals surface area contributed by atoms with Gasteiger partial charge in [-0.3, -0.25) is 0 Å². The average Bonchev–Trinajstić information content (AvgIpc) is 2.49. The molecule has 0 radical (unpaired) electrons. The van der Waals surface area contributed by atoms with Crippen molar-refractivity contribution >= 4 is 0 Å². The quantitative estimate of drug-likeness (QED) is 0.870. The second kappa shape index (κ2) is 7.76. The molecule has 1 aliphatic heterocycles. The molecule has 4 heteroatoms. The van der Waals surface area contributed by atoms with Crippen LogP contribution in [0.25, 0.3) is 0 Å². The maximum atomic E-state index is 14.2. The Morgan fingerprint density at radius 2 is 2.10 bits per heavy atom. The zero-order chi connectivity index (χ0) is 15.2. The molecule has 0 aliphatic carbocycles. The predicted molar refractivity (Wildman–Crippen MR) is 84.3 cm³/mol. The fourth-order valence-corrected chi connectivity index (χ4v) is 2.64. The van der Waals surface area contributed by atoms with Crippen LogP contribution < -0.4 is 10.1 Å². The van der Waals surface area contributed by atoms with Crippen molar-refractivity contribution in [2.45, 2.75) is 45.3 Å². The molecule has 1 heterocycles. The van der Waals surface area contributed by atoms with E-state index < -0.39 is 0 Å². The van der Waals surface area contributed by atoms with Gasteiger partial charge in [-0.15, -0.1) is 0 Å². The van der Waals surface area contributed by atoms with Crippen LogP contribution in [0.4, 0.5) is 4.39 Å². The van der Waals surface area contributed by atoms with Gasteiger partial charge < -0.3 is 15.0 Å². The zero-order valence-corrected chi connectivity index (χ0v) is 13.4. The number of piperidine rings is 1. The van der Waals surface area contributed by atoms with Gasteiger partial charge >= 0.3 is 0 Å². The van der Waals surface area contributed by atoms with Crippen LogP contribution in [0.1, 0.15) is 44.7 Å². The van der Waals surface area contributed by atoms with E-state index >= 15 is 0 Å². The molecule has 1 N–H and O–H groups in total. The fourth-order valence-electron chi connectivity index (χ4n) is 2.64. The molecular formula is C17H27FN2O. The summed E-state index contributed by atoms with van der Waals surface area (Å²) in [4.78, 5) is 2.28.